The third kappa shape index (κ3) is 1.78. The van der Waals surface area contributed by atoms with E-state index < -0.39 is 0 Å². The highest BCUT2D eigenvalue weighted by molar-refractivity contribution is 5.46. The Kier molecular flexibility index (Phi) is 2.87. The summed E-state index contributed by atoms with van der Waals surface area (Å²) in [6, 6.07) is 8.56. The highest BCUT2D eigenvalue weighted by Gasteiger charge is 2.50. The molecule has 2 unspecified atom stereocenters. The van der Waals surface area contributed by atoms with E-state index in [0.29, 0.717) is 5.92 Å². The SMILES string of the molecule is CC1(C)CC2CCCCC2(N=C=O)c2ccccc21. The standard InChI is InChI=1S/C17H21NO/c1-16(2)11-13-7-5-6-10-17(13,18-12-19)15-9-4-3-8-14(15)16/h3-4,8-9,13H,5-7,10-11H2,1-2H3. The van der Waals surface area contributed by atoms with Gasteiger partial charge in [-0.05, 0) is 41.7 Å². The number of hydrogen-bond donors (Lipinski definition) is 0. The van der Waals surface area contributed by atoms with Crippen LogP contribution in [0.3, 0.4) is 0 Å². The first-order valence-corrected chi connectivity index (χ1v) is 7.29. The number of fused-ring (bicyclic) bond motifs is 3. The van der Waals surface area contributed by atoms with Crippen LogP contribution in [0.1, 0.15) is 57.1 Å². The van der Waals surface area contributed by atoms with Crippen molar-refractivity contribution in [3.05, 3.63) is 35.4 Å². The molecule has 0 aliphatic heterocycles. The maximum Gasteiger partial charge on any atom is 0.235 e. The molecule has 0 N–H and O–H groups in total. The van der Waals surface area contributed by atoms with Gasteiger partial charge < -0.3 is 0 Å². The lowest BCUT2D eigenvalue weighted by molar-refractivity contribution is 0.132. The Morgan fingerprint density at radius 3 is 2.68 bits per heavy atom. The van der Waals surface area contributed by atoms with E-state index in [-0.39, 0.29) is 11.0 Å². The molecule has 0 aromatic heterocycles. The van der Waals surface area contributed by atoms with Crippen LogP contribution in [0.25, 0.3) is 0 Å². The van der Waals surface area contributed by atoms with Gasteiger partial charge in [0, 0.05) is 0 Å². The van der Waals surface area contributed by atoms with E-state index in [4.69, 9.17) is 0 Å². The summed E-state index contributed by atoms with van der Waals surface area (Å²) in [5, 5.41) is 0. The maximum atomic E-state index is 11.0. The van der Waals surface area contributed by atoms with E-state index in [9.17, 15) is 4.79 Å². The summed E-state index contributed by atoms with van der Waals surface area (Å²) < 4.78 is 0. The Morgan fingerprint density at radius 1 is 1.21 bits per heavy atom. The van der Waals surface area contributed by atoms with Crippen molar-refractivity contribution < 1.29 is 4.79 Å². The van der Waals surface area contributed by atoms with E-state index >= 15 is 0 Å². The molecule has 1 aromatic rings. The molecule has 1 fully saturated rings. The molecule has 0 amide bonds. The monoisotopic (exact) mass is 255 g/mol. The molecule has 3 rings (SSSR count). The van der Waals surface area contributed by atoms with Gasteiger partial charge in [0.1, 0.15) is 5.54 Å². The van der Waals surface area contributed by atoms with Gasteiger partial charge in [0.2, 0.25) is 6.08 Å². The van der Waals surface area contributed by atoms with E-state index in [1.807, 2.05) is 6.08 Å². The molecule has 2 heteroatoms. The fourth-order valence-electron chi connectivity index (χ4n) is 4.32. The average molecular weight is 255 g/mol. The van der Waals surface area contributed by atoms with Crippen LogP contribution >= 0.6 is 0 Å². The summed E-state index contributed by atoms with van der Waals surface area (Å²) in [6.07, 6.45) is 7.60. The van der Waals surface area contributed by atoms with Gasteiger partial charge in [-0.25, -0.2) is 4.79 Å². The zero-order valence-electron chi connectivity index (χ0n) is 11.8. The summed E-state index contributed by atoms with van der Waals surface area (Å²) in [7, 11) is 0. The number of isocyanates is 1. The Hall–Kier alpha value is -1.40. The minimum atomic E-state index is -0.286. The normalized spacial score (nSPS) is 31.8. The summed E-state index contributed by atoms with van der Waals surface area (Å²) in [5.74, 6) is 0.493. The van der Waals surface area contributed by atoms with E-state index in [2.05, 4.69) is 43.1 Å². The average Bonchev–Trinajstić information content (AvgIpc) is 2.40. The fraction of sp³-hybridized carbons (Fsp3) is 0.588. The number of hydrogen-bond acceptors (Lipinski definition) is 2. The third-order valence-electron chi connectivity index (χ3n) is 5.16. The molecule has 2 nitrogen and oxygen atoms in total. The predicted octanol–water partition coefficient (Wildman–Crippen LogP) is 4.09. The number of carbonyl (C=O) groups excluding carboxylic acids is 1. The lowest BCUT2D eigenvalue weighted by atomic mass is 9.56. The van der Waals surface area contributed by atoms with Crippen LogP contribution in [0.5, 0.6) is 0 Å². The molecule has 0 heterocycles. The topological polar surface area (TPSA) is 29.4 Å². The van der Waals surface area contributed by atoms with Crippen molar-refractivity contribution >= 4 is 6.08 Å². The third-order valence-corrected chi connectivity index (χ3v) is 5.16. The lowest BCUT2D eigenvalue weighted by Crippen LogP contribution is -2.45. The summed E-state index contributed by atoms with van der Waals surface area (Å²) in [4.78, 5) is 15.3. The second-order valence-electron chi connectivity index (χ2n) is 6.70. The predicted molar refractivity (Wildman–Crippen MR) is 75.8 cm³/mol. The fourth-order valence-corrected chi connectivity index (χ4v) is 4.32. The molecule has 1 saturated carbocycles. The highest BCUT2D eigenvalue weighted by Crippen LogP contribution is 2.55. The Labute approximate surface area is 114 Å². The van der Waals surface area contributed by atoms with Gasteiger partial charge in [0.25, 0.3) is 0 Å². The molecular formula is C17H21NO. The second-order valence-corrected chi connectivity index (χ2v) is 6.70. The molecule has 2 aliphatic rings. The first kappa shape index (κ1) is 12.6. The van der Waals surface area contributed by atoms with Crippen LogP contribution in [0.2, 0.25) is 0 Å². The van der Waals surface area contributed by atoms with Crippen LogP contribution in [0.4, 0.5) is 0 Å². The van der Waals surface area contributed by atoms with E-state index in [0.717, 1.165) is 19.3 Å². The minimum absolute atomic E-state index is 0.181. The van der Waals surface area contributed by atoms with Gasteiger partial charge in [0.05, 0.1) is 0 Å². The Morgan fingerprint density at radius 2 is 1.95 bits per heavy atom. The number of rotatable bonds is 1. The van der Waals surface area contributed by atoms with Gasteiger partial charge in [-0.3, -0.25) is 0 Å². The van der Waals surface area contributed by atoms with Crippen molar-refractivity contribution in [2.75, 3.05) is 0 Å². The lowest BCUT2D eigenvalue weighted by Gasteiger charge is -2.50. The molecule has 2 atom stereocenters. The maximum absolute atomic E-state index is 11.0. The van der Waals surface area contributed by atoms with Gasteiger partial charge in [-0.1, -0.05) is 51.0 Å². The number of aliphatic imine (C=N–C) groups is 1. The van der Waals surface area contributed by atoms with Crippen LogP contribution in [-0.4, -0.2) is 6.08 Å². The van der Waals surface area contributed by atoms with Crippen molar-refractivity contribution in [1.29, 1.82) is 0 Å². The molecule has 0 saturated heterocycles. The van der Waals surface area contributed by atoms with Crippen LogP contribution in [-0.2, 0) is 15.7 Å². The van der Waals surface area contributed by atoms with Crippen molar-refractivity contribution in [1.82, 2.24) is 0 Å². The van der Waals surface area contributed by atoms with Gasteiger partial charge in [-0.15, -0.1) is 0 Å². The zero-order valence-corrected chi connectivity index (χ0v) is 11.8. The Balaban J connectivity index is 2.25. The smallest absolute Gasteiger partial charge is 0.211 e. The second kappa shape index (κ2) is 4.31. The van der Waals surface area contributed by atoms with Crippen molar-refractivity contribution in [3.63, 3.8) is 0 Å². The van der Waals surface area contributed by atoms with Crippen molar-refractivity contribution in [3.8, 4) is 0 Å². The molecule has 0 spiro atoms. The van der Waals surface area contributed by atoms with Gasteiger partial charge >= 0.3 is 0 Å². The van der Waals surface area contributed by atoms with Gasteiger partial charge in [-0.2, -0.15) is 4.99 Å². The largest absolute Gasteiger partial charge is 0.235 e. The number of benzene rings is 1. The first-order chi connectivity index (χ1) is 9.10. The molecule has 0 bridgehead atoms. The van der Waals surface area contributed by atoms with Crippen LogP contribution < -0.4 is 0 Å². The first-order valence-electron chi connectivity index (χ1n) is 7.29. The number of nitrogens with zero attached hydrogens (tertiary/aromatic N) is 1. The quantitative estimate of drug-likeness (QED) is 0.549. The molecule has 2 aliphatic carbocycles. The van der Waals surface area contributed by atoms with E-state index in [1.54, 1.807) is 0 Å². The Bertz CT molecular complexity index is 542. The summed E-state index contributed by atoms with van der Waals surface area (Å²) in [5.41, 5.74) is 2.54. The molecule has 0 radical (unpaired) electrons. The van der Waals surface area contributed by atoms with E-state index in [1.165, 1.54) is 24.0 Å². The summed E-state index contributed by atoms with van der Waals surface area (Å²) in [6.45, 7) is 4.63. The summed E-state index contributed by atoms with van der Waals surface area (Å²) >= 11 is 0. The van der Waals surface area contributed by atoms with Crippen molar-refractivity contribution in [2.45, 2.75) is 56.9 Å². The molecule has 100 valence electrons. The molecule has 1 aromatic carbocycles. The van der Waals surface area contributed by atoms with Crippen molar-refractivity contribution in [2.24, 2.45) is 10.9 Å². The highest BCUT2D eigenvalue weighted by atomic mass is 16.1. The molecular weight excluding hydrogens is 234 g/mol. The zero-order chi connectivity index (χ0) is 13.5. The minimum Gasteiger partial charge on any atom is -0.211 e. The molecule has 19 heavy (non-hydrogen) atoms. The van der Waals surface area contributed by atoms with Crippen LogP contribution in [0, 0.1) is 5.92 Å². The van der Waals surface area contributed by atoms with Gasteiger partial charge in [0.15, 0.2) is 0 Å². The van der Waals surface area contributed by atoms with Crippen LogP contribution in [0.15, 0.2) is 29.3 Å².